The van der Waals surface area contributed by atoms with Crippen LogP contribution >= 0.6 is 0 Å². The van der Waals surface area contributed by atoms with Crippen LogP contribution in [-0.2, 0) is 32.1 Å². The molecule has 0 saturated carbocycles. The van der Waals surface area contributed by atoms with Gasteiger partial charge in [0.2, 0.25) is 5.91 Å². The number of imide groups is 2. The highest BCUT2D eigenvalue weighted by atomic mass is 16.5. The molecule has 0 aliphatic carbocycles. The molecule has 9 heteroatoms. The molecule has 36 heavy (non-hydrogen) atoms. The predicted octanol–water partition coefficient (Wildman–Crippen LogP) is 2.73. The molecule has 0 radical (unpaired) electrons. The van der Waals surface area contributed by atoms with Crippen LogP contribution < -0.4 is 10.2 Å². The number of nitrogens with zero attached hydrogens (tertiary/aromatic N) is 3. The Morgan fingerprint density at radius 3 is 2.47 bits per heavy atom. The van der Waals surface area contributed by atoms with Crippen molar-refractivity contribution in [3.05, 3.63) is 71.4 Å². The average molecular weight is 487 g/mol. The quantitative estimate of drug-likeness (QED) is 0.442. The number of para-hydroxylation sites is 1. The van der Waals surface area contributed by atoms with Crippen LogP contribution in [0, 0.1) is 0 Å². The number of rotatable bonds is 5. The molecule has 0 unspecified atom stereocenters. The number of nitrogens with one attached hydrogen (secondary N) is 1. The summed E-state index contributed by atoms with van der Waals surface area (Å²) in [6.07, 6.45) is 4.06. The van der Waals surface area contributed by atoms with Crippen molar-refractivity contribution in [3.8, 4) is 0 Å². The number of benzene rings is 2. The minimum Gasteiger partial charge on any atom is -0.378 e. The number of hydrogen-bond donors (Lipinski definition) is 1. The van der Waals surface area contributed by atoms with Crippen LogP contribution in [0.4, 0.5) is 10.5 Å². The van der Waals surface area contributed by atoms with E-state index in [-0.39, 0.29) is 18.0 Å². The largest absolute Gasteiger partial charge is 0.378 e. The molecule has 2 fully saturated rings. The maximum atomic E-state index is 13.3. The standard InChI is InChI=1S/C27H26N4O5/c1-2-18-7-9-20(10-8-18)31-26(34)22(25(33)28-27(31)35)15-19-16-30(23-6-4-3-5-21(19)23)17-24(32)29-11-13-36-14-12-29/h3-10,15-16H,2,11-14,17H2,1H3,(H,28,33,35)/b22-15+. The number of hydrogen-bond acceptors (Lipinski definition) is 5. The number of morpholine rings is 1. The van der Waals surface area contributed by atoms with E-state index in [1.165, 1.54) is 6.08 Å². The van der Waals surface area contributed by atoms with Crippen molar-refractivity contribution in [1.82, 2.24) is 14.8 Å². The molecule has 1 aromatic heterocycles. The molecule has 2 aliphatic rings. The van der Waals surface area contributed by atoms with Crippen molar-refractivity contribution in [2.75, 3.05) is 31.2 Å². The summed E-state index contributed by atoms with van der Waals surface area (Å²) in [5.74, 6) is -1.49. The Labute approximate surface area is 207 Å². The Bertz CT molecular complexity index is 1380. The molecule has 9 nitrogen and oxygen atoms in total. The van der Waals surface area contributed by atoms with E-state index in [2.05, 4.69) is 5.32 Å². The number of barbiturate groups is 1. The Balaban J connectivity index is 1.49. The second-order valence-corrected chi connectivity index (χ2v) is 8.70. The third kappa shape index (κ3) is 4.40. The van der Waals surface area contributed by atoms with Gasteiger partial charge in [0, 0.05) is 35.8 Å². The van der Waals surface area contributed by atoms with Gasteiger partial charge in [-0.1, -0.05) is 37.3 Å². The molecular weight excluding hydrogens is 460 g/mol. The van der Waals surface area contributed by atoms with Crippen LogP contribution in [-0.4, -0.2) is 59.5 Å². The molecular formula is C27H26N4O5. The lowest BCUT2D eigenvalue weighted by molar-refractivity contribution is -0.135. The van der Waals surface area contributed by atoms with Gasteiger partial charge in [-0.15, -0.1) is 0 Å². The normalized spacial score (nSPS) is 17.7. The first kappa shape index (κ1) is 23.5. The number of aromatic nitrogens is 1. The van der Waals surface area contributed by atoms with E-state index in [9.17, 15) is 19.2 Å². The molecule has 3 heterocycles. The van der Waals surface area contributed by atoms with Gasteiger partial charge in [0.15, 0.2) is 0 Å². The third-order valence-electron chi connectivity index (χ3n) is 6.49. The minimum absolute atomic E-state index is 0.0305. The molecule has 0 spiro atoms. The Kier molecular flexibility index (Phi) is 6.39. The van der Waals surface area contributed by atoms with Crippen molar-refractivity contribution in [2.24, 2.45) is 0 Å². The van der Waals surface area contributed by atoms with Crippen LogP contribution in [0.2, 0.25) is 0 Å². The van der Waals surface area contributed by atoms with Crippen LogP contribution in [0.1, 0.15) is 18.1 Å². The number of carbonyl (C=O) groups excluding carboxylic acids is 4. The summed E-state index contributed by atoms with van der Waals surface area (Å²) in [5, 5.41) is 3.05. The van der Waals surface area contributed by atoms with Gasteiger partial charge in [0.1, 0.15) is 12.1 Å². The van der Waals surface area contributed by atoms with Crippen LogP contribution in [0.5, 0.6) is 0 Å². The summed E-state index contributed by atoms with van der Waals surface area (Å²) in [5.41, 5.74) is 2.70. The highest BCUT2D eigenvalue weighted by Gasteiger charge is 2.37. The molecule has 1 N–H and O–H groups in total. The topological polar surface area (TPSA) is 101 Å². The number of ether oxygens (including phenoxy) is 1. The van der Waals surface area contributed by atoms with Crippen LogP contribution in [0.25, 0.3) is 17.0 Å². The van der Waals surface area contributed by atoms with Gasteiger partial charge < -0.3 is 14.2 Å². The number of aryl methyl sites for hydroxylation is 1. The number of carbonyl (C=O) groups is 4. The number of fused-ring (bicyclic) bond motifs is 1. The van der Waals surface area contributed by atoms with Crippen molar-refractivity contribution in [1.29, 1.82) is 0 Å². The van der Waals surface area contributed by atoms with Gasteiger partial charge in [-0.25, -0.2) is 9.69 Å². The highest BCUT2D eigenvalue weighted by Crippen LogP contribution is 2.27. The Morgan fingerprint density at radius 1 is 1.03 bits per heavy atom. The lowest BCUT2D eigenvalue weighted by atomic mass is 10.1. The minimum atomic E-state index is -0.787. The van der Waals surface area contributed by atoms with Gasteiger partial charge in [0.25, 0.3) is 11.8 Å². The van der Waals surface area contributed by atoms with E-state index in [0.29, 0.717) is 37.6 Å². The molecule has 2 saturated heterocycles. The molecule has 2 aliphatic heterocycles. The first-order valence-corrected chi connectivity index (χ1v) is 11.9. The van der Waals surface area contributed by atoms with Gasteiger partial charge in [-0.2, -0.15) is 0 Å². The zero-order valence-electron chi connectivity index (χ0n) is 19.9. The third-order valence-corrected chi connectivity index (χ3v) is 6.49. The molecule has 2 aromatic carbocycles. The van der Waals surface area contributed by atoms with Gasteiger partial charge in [-0.3, -0.25) is 19.7 Å². The number of urea groups is 1. The van der Waals surface area contributed by atoms with Crippen molar-refractivity contribution >= 4 is 46.4 Å². The van der Waals surface area contributed by atoms with E-state index in [1.54, 1.807) is 23.2 Å². The summed E-state index contributed by atoms with van der Waals surface area (Å²) < 4.78 is 7.15. The first-order valence-electron chi connectivity index (χ1n) is 11.9. The fraction of sp³-hybridized carbons (Fsp3) is 0.259. The highest BCUT2D eigenvalue weighted by molar-refractivity contribution is 6.39. The monoisotopic (exact) mass is 486 g/mol. The Morgan fingerprint density at radius 2 is 1.75 bits per heavy atom. The van der Waals surface area contributed by atoms with E-state index >= 15 is 0 Å². The summed E-state index contributed by atoms with van der Waals surface area (Å²) >= 11 is 0. The van der Waals surface area contributed by atoms with Crippen molar-refractivity contribution in [3.63, 3.8) is 0 Å². The summed E-state index contributed by atoms with van der Waals surface area (Å²) in [4.78, 5) is 54.2. The lowest BCUT2D eigenvalue weighted by Crippen LogP contribution is -2.54. The van der Waals surface area contributed by atoms with E-state index in [4.69, 9.17) is 4.74 Å². The molecule has 5 rings (SSSR count). The smallest absolute Gasteiger partial charge is 0.335 e. The fourth-order valence-corrected chi connectivity index (χ4v) is 4.51. The van der Waals surface area contributed by atoms with Gasteiger partial charge in [0.05, 0.1) is 18.9 Å². The zero-order chi connectivity index (χ0) is 25.2. The van der Waals surface area contributed by atoms with E-state index in [0.717, 1.165) is 27.8 Å². The summed E-state index contributed by atoms with van der Waals surface area (Å²) in [6, 6.07) is 13.8. The fourth-order valence-electron chi connectivity index (χ4n) is 4.51. The van der Waals surface area contributed by atoms with Crippen molar-refractivity contribution in [2.45, 2.75) is 19.9 Å². The van der Waals surface area contributed by atoms with E-state index in [1.807, 2.05) is 47.9 Å². The lowest BCUT2D eigenvalue weighted by Gasteiger charge is -2.27. The molecule has 0 atom stereocenters. The van der Waals surface area contributed by atoms with Gasteiger partial charge >= 0.3 is 6.03 Å². The Hall–Kier alpha value is -4.24. The molecule has 184 valence electrons. The maximum Gasteiger partial charge on any atom is 0.335 e. The van der Waals surface area contributed by atoms with E-state index < -0.39 is 17.8 Å². The van der Waals surface area contributed by atoms with Crippen LogP contribution in [0.3, 0.4) is 0 Å². The second-order valence-electron chi connectivity index (χ2n) is 8.70. The molecule has 3 aromatic rings. The van der Waals surface area contributed by atoms with Gasteiger partial charge in [-0.05, 0) is 36.3 Å². The average Bonchev–Trinajstić information content (AvgIpc) is 3.24. The number of anilines is 1. The first-order chi connectivity index (χ1) is 17.5. The zero-order valence-corrected chi connectivity index (χ0v) is 19.9. The SMILES string of the molecule is CCc1ccc(N2C(=O)NC(=O)/C(=C\c3cn(CC(=O)N4CCOCC4)c4ccccc34)C2=O)cc1. The molecule has 0 bridgehead atoms. The number of amides is 5. The van der Waals surface area contributed by atoms with Crippen molar-refractivity contribution < 1.29 is 23.9 Å². The second kappa shape index (κ2) is 9.79. The summed E-state index contributed by atoms with van der Waals surface area (Å²) in [6.45, 7) is 4.27. The maximum absolute atomic E-state index is 13.3. The summed E-state index contributed by atoms with van der Waals surface area (Å²) in [7, 11) is 0. The predicted molar refractivity (Wildman–Crippen MR) is 134 cm³/mol. The molecule has 5 amide bonds. The van der Waals surface area contributed by atoms with Crippen LogP contribution in [0.15, 0.2) is 60.3 Å².